The fourth-order valence-corrected chi connectivity index (χ4v) is 2.83. The highest BCUT2D eigenvalue weighted by Crippen LogP contribution is 2.30. The van der Waals surface area contributed by atoms with Crippen LogP contribution < -0.4 is 4.90 Å². The van der Waals surface area contributed by atoms with E-state index < -0.39 is 11.9 Å². The number of amides is 3. The summed E-state index contributed by atoms with van der Waals surface area (Å²) in [4.78, 5) is 31.2. The predicted octanol–water partition coefficient (Wildman–Crippen LogP) is 3.70. The lowest BCUT2D eigenvalue weighted by molar-refractivity contribution is -0.114. The van der Waals surface area contributed by atoms with Crippen LogP contribution in [0.5, 0.6) is 0 Å². The monoisotopic (exact) mass is 372 g/mol. The maximum Gasteiger partial charge on any atom is 0.336 e. The van der Waals surface area contributed by atoms with Gasteiger partial charge in [-0.15, -0.1) is 0 Å². The molecule has 2 heterocycles. The zero-order valence-corrected chi connectivity index (χ0v) is 14.4. The molecule has 1 aliphatic heterocycles. The fraction of sp³-hybridized carbons (Fsp3) is 0.0588. The third kappa shape index (κ3) is 3.20. The van der Waals surface area contributed by atoms with Crippen molar-refractivity contribution in [2.75, 3.05) is 11.9 Å². The van der Waals surface area contributed by atoms with Crippen molar-refractivity contribution in [3.05, 3.63) is 63.5 Å². The number of anilines is 1. The molecule has 2 aromatic rings. The quantitative estimate of drug-likeness (QED) is 0.457. The minimum atomic E-state index is -0.525. The van der Waals surface area contributed by atoms with Crippen LogP contribution in [0.1, 0.15) is 11.1 Å². The van der Waals surface area contributed by atoms with Crippen LogP contribution in [-0.2, 0) is 4.79 Å². The largest absolute Gasteiger partial charge is 0.336 e. The molecule has 0 atom stereocenters. The lowest BCUT2D eigenvalue weighted by Gasteiger charge is -2.13. The van der Waals surface area contributed by atoms with Crippen LogP contribution >= 0.6 is 23.2 Å². The van der Waals surface area contributed by atoms with Crippen molar-refractivity contribution < 1.29 is 9.59 Å². The van der Waals surface area contributed by atoms with Gasteiger partial charge in [0.15, 0.2) is 0 Å². The predicted molar refractivity (Wildman–Crippen MR) is 94.0 cm³/mol. The van der Waals surface area contributed by atoms with Crippen molar-refractivity contribution in [2.24, 2.45) is 0 Å². The van der Waals surface area contributed by atoms with Crippen molar-refractivity contribution in [1.82, 2.24) is 9.88 Å². The molecule has 1 saturated heterocycles. The molecule has 6 nitrogen and oxygen atoms in total. The summed E-state index contributed by atoms with van der Waals surface area (Å²) in [6.45, 7) is 0. The van der Waals surface area contributed by atoms with Crippen LogP contribution in [0, 0.1) is 11.3 Å². The van der Waals surface area contributed by atoms with Gasteiger partial charge in [0.1, 0.15) is 16.0 Å². The lowest BCUT2D eigenvalue weighted by atomic mass is 10.1. The van der Waals surface area contributed by atoms with Gasteiger partial charge in [0.25, 0.3) is 5.91 Å². The standard InChI is InChI=1S/C17H10Cl2N4O2/c1-22-13(6-10-2-4-11(9-20)5-3-10)16(24)23(17(22)25)12-7-14(18)21-15(19)8-12/h2-8H,1H3/b13-6+. The summed E-state index contributed by atoms with van der Waals surface area (Å²) in [5.41, 5.74) is 1.63. The molecule has 0 saturated carbocycles. The van der Waals surface area contributed by atoms with Gasteiger partial charge in [-0.3, -0.25) is 9.69 Å². The van der Waals surface area contributed by atoms with E-state index in [4.69, 9.17) is 28.5 Å². The molecule has 0 aliphatic carbocycles. The number of aromatic nitrogens is 1. The average molecular weight is 373 g/mol. The Bertz CT molecular complexity index is 928. The van der Waals surface area contributed by atoms with Crippen LogP contribution in [0.15, 0.2) is 42.1 Å². The summed E-state index contributed by atoms with van der Waals surface area (Å²) >= 11 is 11.7. The van der Waals surface area contributed by atoms with Crippen molar-refractivity contribution in [3.63, 3.8) is 0 Å². The van der Waals surface area contributed by atoms with Crippen LogP contribution in [0.2, 0.25) is 10.3 Å². The Kier molecular flexibility index (Phi) is 4.45. The third-order valence-electron chi connectivity index (χ3n) is 3.61. The number of likely N-dealkylation sites (N-methyl/N-ethyl adjacent to an activating group) is 1. The van der Waals surface area contributed by atoms with E-state index in [2.05, 4.69) is 4.98 Å². The highest BCUT2D eigenvalue weighted by Gasteiger charge is 2.40. The zero-order chi connectivity index (χ0) is 18.1. The summed E-state index contributed by atoms with van der Waals surface area (Å²) < 4.78 is 0. The SMILES string of the molecule is CN1C(=O)N(c2cc(Cl)nc(Cl)c2)C(=O)/C1=C\c1ccc(C#N)cc1. The lowest BCUT2D eigenvalue weighted by Crippen LogP contribution is -2.31. The number of hydrogen-bond acceptors (Lipinski definition) is 4. The molecule has 1 aromatic carbocycles. The smallest absolute Gasteiger partial charge is 0.292 e. The maximum absolute atomic E-state index is 12.7. The molecular formula is C17H10Cl2N4O2. The second kappa shape index (κ2) is 6.55. The number of urea groups is 1. The van der Waals surface area contributed by atoms with Crippen LogP contribution in [0.25, 0.3) is 6.08 Å². The van der Waals surface area contributed by atoms with Gasteiger partial charge in [-0.25, -0.2) is 14.7 Å². The van der Waals surface area contributed by atoms with E-state index in [9.17, 15) is 9.59 Å². The van der Waals surface area contributed by atoms with Crippen molar-refractivity contribution in [1.29, 1.82) is 5.26 Å². The second-order valence-corrected chi connectivity index (χ2v) is 5.99. The fourth-order valence-electron chi connectivity index (χ4n) is 2.38. The molecular weight excluding hydrogens is 363 g/mol. The molecule has 0 spiro atoms. The minimum Gasteiger partial charge on any atom is -0.292 e. The molecule has 1 aliphatic rings. The van der Waals surface area contributed by atoms with Gasteiger partial charge in [-0.2, -0.15) is 5.26 Å². The number of nitrogens with zero attached hydrogens (tertiary/aromatic N) is 4. The topological polar surface area (TPSA) is 77.3 Å². The van der Waals surface area contributed by atoms with Gasteiger partial charge in [0.2, 0.25) is 0 Å². The highest BCUT2D eigenvalue weighted by molar-refractivity contribution is 6.34. The zero-order valence-electron chi connectivity index (χ0n) is 12.9. The minimum absolute atomic E-state index is 0.0790. The van der Waals surface area contributed by atoms with Crippen molar-refractivity contribution >= 4 is 46.9 Å². The third-order valence-corrected chi connectivity index (χ3v) is 4.00. The van der Waals surface area contributed by atoms with E-state index >= 15 is 0 Å². The number of halogens is 2. The highest BCUT2D eigenvalue weighted by atomic mass is 35.5. The molecule has 3 amide bonds. The van der Waals surface area contributed by atoms with E-state index in [0.717, 1.165) is 4.90 Å². The summed E-state index contributed by atoms with van der Waals surface area (Å²) in [5.74, 6) is -0.504. The molecule has 124 valence electrons. The number of benzene rings is 1. The molecule has 3 rings (SSSR count). The molecule has 0 N–H and O–H groups in total. The first-order chi connectivity index (χ1) is 11.9. The van der Waals surface area contributed by atoms with Crippen molar-refractivity contribution in [3.8, 4) is 6.07 Å². The number of rotatable bonds is 2. The van der Waals surface area contributed by atoms with E-state index in [-0.39, 0.29) is 21.7 Å². The molecule has 0 bridgehead atoms. The summed E-state index contributed by atoms with van der Waals surface area (Å²) in [7, 11) is 1.50. The van der Waals surface area contributed by atoms with Crippen molar-refractivity contribution in [2.45, 2.75) is 0 Å². The first-order valence-corrected chi connectivity index (χ1v) is 7.83. The number of carbonyl (C=O) groups excluding carboxylic acids is 2. The van der Waals surface area contributed by atoms with Crippen LogP contribution in [-0.4, -0.2) is 28.9 Å². The Hall–Kier alpha value is -2.88. The van der Waals surface area contributed by atoms with E-state index in [1.54, 1.807) is 30.3 Å². The molecule has 0 radical (unpaired) electrons. The van der Waals surface area contributed by atoms with Gasteiger partial charge in [0.05, 0.1) is 17.3 Å². The molecule has 1 aromatic heterocycles. The number of imide groups is 1. The molecule has 8 heteroatoms. The second-order valence-electron chi connectivity index (χ2n) is 5.22. The van der Waals surface area contributed by atoms with Gasteiger partial charge in [-0.1, -0.05) is 35.3 Å². The summed E-state index contributed by atoms with van der Waals surface area (Å²) in [6.07, 6.45) is 1.58. The van der Waals surface area contributed by atoms with Gasteiger partial charge >= 0.3 is 6.03 Å². The van der Waals surface area contributed by atoms with E-state index in [1.807, 2.05) is 6.07 Å². The first kappa shape index (κ1) is 17.0. The summed E-state index contributed by atoms with van der Waals surface area (Å²) in [6, 6.07) is 10.9. The van der Waals surface area contributed by atoms with Crippen LogP contribution in [0.3, 0.4) is 0 Å². The maximum atomic E-state index is 12.7. The van der Waals surface area contributed by atoms with E-state index in [0.29, 0.717) is 11.1 Å². The Balaban J connectivity index is 2.00. The Morgan fingerprint density at radius 2 is 1.72 bits per heavy atom. The Morgan fingerprint density at radius 3 is 2.28 bits per heavy atom. The molecule has 25 heavy (non-hydrogen) atoms. The van der Waals surface area contributed by atoms with Gasteiger partial charge < -0.3 is 0 Å². The Morgan fingerprint density at radius 1 is 1.12 bits per heavy atom. The number of nitriles is 1. The number of pyridine rings is 1. The number of hydrogen-bond donors (Lipinski definition) is 0. The summed E-state index contributed by atoms with van der Waals surface area (Å²) in [5, 5.41) is 8.99. The first-order valence-electron chi connectivity index (χ1n) is 7.08. The Labute approximate surface area is 153 Å². The molecule has 1 fully saturated rings. The van der Waals surface area contributed by atoms with Gasteiger partial charge in [-0.05, 0) is 35.9 Å². The number of carbonyl (C=O) groups is 2. The van der Waals surface area contributed by atoms with E-state index in [1.165, 1.54) is 24.1 Å². The average Bonchev–Trinajstić information content (AvgIpc) is 2.78. The van der Waals surface area contributed by atoms with Gasteiger partial charge in [0, 0.05) is 7.05 Å². The van der Waals surface area contributed by atoms with Crippen LogP contribution in [0.4, 0.5) is 10.5 Å². The normalized spacial score (nSPS) is 15.8. The molecule has 0 unspecified atom stereocenters.